The Morgan fingerprint density at radius 3 is 2.14 bits per heavy atom. The highest BCUT2D eigenvalue weighted by Gasteiger charge is 2.39. The summed E-state index contributed by atoms with van der Waals surface area (Å²) in [6.07, 6.45) is 3.00. The average molecular weight is 302 g/mol. The van der Waals surface area contributed by atoms with Gasteiger partial charge in [0.05, 0.1) is 20.3 Å². The summed E-state index contributed by atoms with van der Waals surface area (Å²) < 4.78 is 15.2. The molecule has 0 heterocycles. The Morgan fingerprint density at radius 2 is 1.71 bits per heavy atom. The topological polar surface area (TPSA) is 60.0 Å². The Balaban J connectivity index is 2.51. The normalized spacial score (nSPS) is 17.8. The first-order valence-corrected chi connectivity index (χ1v) is 7.62. The summed E-state index contributed by atoms with van der Waals surface area (Å²) >= 11 is 0. The monoisotopic (exact) mass is 302 g/mol. The van der Waals surface area contributed by atoms with Gasteiger partial charge in [-0.1, -0.05) is 0 Å². The van der Waals surface area contributed by atoms with Crippen molar-refractivity contribution >= 4 is 5.97 Å². The van der Waals surface area contributed by atoms with E-state index in [9.17, 15) is 4.79 Å². The highest BCUT2D eigenvalue weighted by atomic mass is 16.5. The standard InChI is InChI=1S/C15H30N2O4/c1-15(14(18)21-4,16-13-5-6-13)7-8-17(9-11-19-2)10-12-20-3/h13,16H,5-12H2,1-4H3. The molecule has 0 bridgehead atoms. The summed E-state index contributed by atoms with van der Waals surface area (Å²) in [6.45, 7) is 5.75. The zero-order valence-electron chi connectivity index (χ0n) is 13.8. The van der Waals surface area contributed by atoms with E-state index in [0.29, 0.717) is 25.7 Å². The lowest BCUT2D eigenvalue weighted by atomic mass is 9.97. The van der Waals surface area contributed by atoms with Crippen LogP contribution in [-0.4, -0.2) is 76.6 Å². The number of nitrogens with zero attached hydrogens (tertiary/aromatic N) is 1. The average Bonchev–Trinajstić information content (AvgIpc) is 3.29. The van der Waals surface area contributed by atoms with Gasteiger partial charge >= 0.3 is 5.97 Å². The summed E-state index contributed by atoms with van der Waals surface area (Å²) in [5.74, 6) is -0.187. The van der Waals surface area contributed by atoms with Gasteiger partial charge in [0.25, 0.3) is 0 Å². The van der Waals surface area contributed by atoms with Crippen LogP contribution in [0.4, 0.5) is 0 Å². The lowest BCUT2D eigenvalue weighted by Crippen LogP contribution is -2.53. The molecule has 6 heteroatoms. The first-order valence-electron chi connectivity index (χ1n) is 7.62. The van der Waals surface area contributed by atoms with Crippen molar-refractivity contribution in [1.29, 1.82) is 0 Å². The maximum atomic E-state index is 12.1. The van der Waals surface area contributed by atoms with E-state index in [2.05, 4.69) is 10.2 Å². The van der Waals surface area contributed by atoms with Gasteiger partial charge in [-0.25, -0.2) is 0 Å². The van der Waals surface area contributed by atoms with Crippen LogP contribution in [0.25, 0.3) is 0 Å². The molecule has 1 rings (SSSR count). The van der Waals surface area contributed by atoms with E-state index in [-0.39, 0.29) is 5.97 Å². The summed E-state index contributed by atoms with van der Waals surface area (Å²) in [7, 11) is 4.84. The molecule has 21 heavy (non-hydrogen) atoms. The first-order chi connectivity index (χ1) is 10.1. The molecule has 1 unspecified atom stereocenters. The van der Waals surface area contributed by atoms with Crippen molar-refractivity contribution in [3.8, 4) is 0 Å². The van der Waals surface area contributed by atoms with Crippen LogP contribution in [0.1, 0.15) is 26.2 Å². The third-order valence-corrected chi connectivity index (χ3v) is 3.89. The molecule has 0 aliphatic heterocycles. The van der Waals surface area contributed by atoms with E-state index in [0.717, 1.165) is 32.5 Å². The number of ether oxygens (including phenoxy) is 3. The van der Waals surface area contributed by atoms with Gasteiger partial charge in [-0.05, 0) is 26.2 Å². The fourth-order valence-corrected chi connectivity index (χ4v) is 2.29. The molecule has 124 valence electrons. The molecular formula is C15H30N2O4. The van der Waals surface area contributed by atoms with E-state index in [1.807, 2.05) is 6.92 Å². The van der Waals surface area contributed by atoms with Crippen molar-refractivity contribution in [2.75, 3.05) is 54.2 Å². The summed E-state index contributed by atoms with van der Waals surface area (Å²) in [6, 6.07) is 0.459. The number of carbonyl (C=O) groups is 1. The maximum absolute atomic E-state index is 12.1. The molecule has 1 aliphatic rings. The van der Waals surface area contributed by atoms with Gasteiger partial charge < -0.3 is 14.2 Å². The van der Waals surface area contributed by atoms with Crippen LogP contribution in [0.2, 0.25) is 0 Å². The zero-order chi connectivity index (χ0) is 15.7. The van der Waals surface area contributed by atoms with Gasteiger partial charge in [-0.2, -0.15) is 0 Å². The number of carbonyl (C=O) groups excluding carboxylic acids is 1. The minimum absolute atomic E-state index is 0.187. The number of methoxy groups -OCH3 is 3. The predicted octanol–water partition coefficient (Wildman–Crippen LogP) is 0.655. The van der Waals surface area contributed by atoms with Gasteiger partial charge in [0.1, 0.15) is 5.54 Å². The Labute approximate surface area is 128 Å². The molecule has 0 amide bonds. The minimum Gasteiger partial charge on any atom is -0.468 e. The molecule has 1 atom stereocenters. The first kappa shape index (κ1) is 18.4. The van der Waals surface area contributed by atoms with Gasteiger partial charge in [-0.3, -0.25) is 15.0 Å². The minimum atomic E-state index is -0.617. The van der Waals surface area contributed by atoms with Crippen LogP contribution in [-0.2, 0) is 19.0 Å². The van der Waals surface area contributed by atoms with Crippen molar-refractivity contribution < 1.29 is 19.0 Å². The van der Waals surface area contributed by atoms with Gasteiger partial charge in [0, 0.05) is 39.9 Å². The largest absolute Gasteiger partial charge is 0.468 e. The maximum Gasteiger partial charge on any atom is 0.325 e. The van der Waals surface area contributed by atoms with Crippen molar-refractivity contribution in [3.63, 3.8) is 0 Å². The second-order valence-electron chi connectivity index (χ2n) is 5.82. The number of hydrogen-bond acceptors (Lipinski definition) is 6. The van der Waals surface area contributed by atoms with Gasteiger partial charge in [-0.15, -0.1) is 0 Å². The Bertz CT molecular complexity index is 302. The van der Waals surface area contributed by atoms with E-state index in [1.165, 1.54) is 7.11 Å². The second-order valence-corrected chi connectivity index (χ2v) is 5.82. The summed E-state index contributed by atoms with van der Waals surface area (Å²) in [5.41, 5.74) is -0.617. The Kier molecular flexibility index (Phi) is 8.18. The zero-order valence-corrected chi connectivity index (χ0v) is 13.8. The molecule has 1 aliphatic carbocycles. The highest BCUT2D eigenvalue weighted by molar-refractivity contribution is 5.80. The van der Waals surface area contributed by atoms with Gasteiger partial charge in [0.2, 0.25) is 0 Å². The van der Waals surface area contributed by atoms with Crippen LogP contribution >= 0.6 is 0 Å². The molecule has 1 saturated carbocycles. The number of nitrogens with one attached hydrogen (secondary N) is 1. The number of esters is 1. The fraction of sp³-hybridized carbons (Fsp3) is 0.933. The van der Waals surface area contributed by atoms with E-state index < -0.39 is 5.54 Å². The lowest BCUT2D eigenvalue weighted by molar-refractivity contribution is -0.148. The molecule has 0 aromatic rings. The molecule has 0 aromatic carbocycles. The molecular weight excluding hydrogens is 272 g/mol. The fourth-order valence-electron chi connectivity index (χ4n) is 2.29. The molecule has 0 saturated heterocycles. The molecule has 0 spiro atoms. The van der Waals surface area contributed by atoms with Crippen LogP contribution in [0, 0.1) is 0 Å². The van der Waals surface area contributed by atoms with E-state index in [1.54, 1.807) is 14.2 Å². The number of hydrogen-bond donors (Lipinski definition) is 1. The van der Waals surface area contributed by atoms with E-state index >= 15 is 0 Å². The van der Waals surface area contributed by atoms with E-state index in [4.69, 9.17) is 14.2 Å². The molecule has 1 N–H and O–H groups in total. The van der Waals surface area contributed by atoms with Crippen molar-refractivity contribution in [2.24, 2.45) is 0 Å². The molecule has 0 aromatic heterocycles. The molecule has 0 radical (unpaired) electrons. The van der Waals surface area contributed by atoms with Crippen molar-refractivity contribution in [3.05, 3.63) is 0 Å². The predicted molar refractivity (Wildman–Crippen MR) is 81.4 cm³/mol. The molecule has 1 fully saturated rings. The smallest absolute Gasteiger partial charge is 0.325 e. The van der Waals surface area contributed by atoms with Crippen molar-refractivity contribution in [1.82, 2.24) is 10.2 Å². The summed E-state index contributed by atoms with van der Waals surface area (Å²) in [4.78, 5) is 14.3. The third kappa shape index (κ3) is 6.74. The van der Waals surface area contributed by atoms with Gasteiger partial charge in [0.15, 0.2) is 0 Å². The Hall–Kier alpha value is -0.690. The van der Waals surface area contributed by atoms with Crippen molar-refractivity contribution in [2.45, 2.75) is 37.8 Å². The van der Waals surface area contributed by atoms with Crippen LogP contribution < -0.4 is 5.32 Å². The summed E-state index contributed by atoms with van der Waals surface area (Å²) in [5, 5.41) is 3.42. The lowest BCUT2D eigenvalue weighted by Gasteiger charge is -2.31. The highest BCUT2D eigenvalue weighted by Crippen LogP contribution is 2.25. The number of rotatable bonds is 12. The SMILES string of the molecule is COCCN(CCOC)CCC(C)(NC1CC1)C(=O)OC. The quantitative estimate of drug-likeness (QED) is 0.534. The third-order valence-electron chi connectivity index (χ3n) is 3.89. The second kappa shape index (κ2) is 9.35. The Morgan fingerprint density at radius 1 is 1.14 bits per heavy atom. The van der Waals surface area contributed by atoms with Crippen LogP contribution in [0.3, 0.4) is 0 Å². The molecule has 6 nitrogen and oxygen atoms in total. The van der Waals surface area contributed by atoms with Crippen LogP contribution in [0.15, 0.2) is 0 Å². The van der Waals surface area contributed by atoms with Crippen LogP contribution in [0.5, 0.6) is 0 Å².